The van der Waals surface area contributed by atoms with Crippen LogP contribution >= 0.6 is 12.2 Å². The standard InChI is InChI=1S/C16H20N2O2S/c1-9-5-10(2)14(11(3)6-9)8-20-15(19)13-7-17-16(21)18-12(13)4/h5-6H,7-8H2,1-4H3,(H2,17,18,21). The van der Waals surface area contributed by atoms with Gasteiger partial charge in [0, 0.05) is 5.70 Å². The highest BCUT2D eigenvalue weighted by molar-refractivity contribution is 7.80. The first-order chi connectivity index (χ1) is 9.88. The number of ether oxygens (including phenoxy) is 1. The van der Waals surface area contributed by atoms with Crippen LogP contribution in [0.25, 0.3) is 0 Å². The van der Waals surface area contributed by atoms with Crippen molar-refractivity contribution in [1.29, 1.82) is 0 Å². The zero-order valence-corrected chi connectivity index (χ0v) is 13.6. The predicted molar refractivity (Wildman–Crippen MR) is 86.9 cm³/mol. The Kier molecular flexibility index (Phi) is 4.63. The summed E-state index contributed by atoms with van der Waals surface area (Å²) in [6, 6.07) is 4.20. The number of benzene rings is 1. The second kappa shape index (κ2) is 6.26. The van der Waals surface area contributed by atoms with Crippen LogP contribution in [0.4, 0.5) is 0 Å². The first-order valence-electron chi connectivity index (χ1n) is 6.87. The first-order valence-corrected chi connectivity index (χ1v) is 7.27. The lowest BCUT2D eigenvalue weighted by atomic mass is 10.0. The fraction of sp³-hybridized carbons (Fsp3) is 0.375. The lowest BCUT2D eigenvalue weighted by Gasteiger charge is -2.21. The van der Waals surface area contributed by atoms with E-state index >= 15 is 0 Å². The fourth-order valence-electron chi connectivity index (χ4n) is 2.48. The minimum atomic E-state index is -0.311. The van der Waals surface area contributed by atoms with Gasteiger partial charge in [-0.3, -0.25) is 0 Å². The number of esters is 1. The smallest absolute Gasteiger partial charge is 0.337 e. The number of allylic oxidation sites excluding steroid dienone is 1. The van der Waals surface area contributed by atoms with E-state index in [9.17, 15) is 4.79 Å². The third-order valence-electron chi connectivity index (χ3n) is 3.61. The maximum Gasteiger partial charge on any atom is 0.337 e. The summed E-state index contributed by atoms with van der Waals surface area (Å²) in [5, 5.41) is 6.41. The van der Waals surface area contributed by atoms with Gasteiger partial charge in [0.05, 0.1) is 12.1 Å². The minimum Gasteiger partial charge on any atom is -0.457 e. The van der Waals surface area contributed by atoms with Gasteiger partial charge < -0.3 is 15.4 Å². The topological polar surface area (TPSA) is 50.4 Å². The van der Waals surface area contributed by atoms with Crippen LogP contribution in [0.15, 0.2) is 23.4 Å². The molecule has 0 fully saturated rings. The van der Waals surface area contributed by atoms with Gasteiger partial charge in [0.25, 0.3) is 0 Å². The summed E-state index contributed by atoms with van der Waals surface area (Å²) in [5.74, 6) is -0.311. The summed E-state index contributed by atoms with van der Waals surface area (Å²) in [6.45, 7) is 8.66. The van der Waals surface area contributed by atoms with Crippen LogP contribution < -0.4 is 10.6 Å². The molecule has 1 aromatic carbocycles. The molecular weight excluding hydrogens is 284 g/mol. The molecule has 0 bridgehead atoms. The molecule has 0 aliphatic carbocycles. The van der Waals surface area contributed by atoms with E-state index in [1.54, 1.807) is 0 Å². The molecule has 2 N–H and O–H groups in total. The molecule has 0 saturated carbocycles. The first kappa shape index (κ1) is 15.5. The largest absolute Gasteiger partial charge is 0.457 e. The Labute approximate surface area is 130 Å². The van der Waals surface area contributed by atoms with Crippen molar-refractivity contribution in [1.82, 2.24) is 10.6 Å². The molecule has 112 valence electrons. The monoisotopic (exact) mass is 304 g/mol. The van der Waals surface area contributed by atoms with Crippen molar-refractivity contribution in [2.24, 2.45) is 0 Å². The van der Waals surface area contributed by atoms with E-state index in [-0.39, 0.29) is 12.6 Å². The summed E-state index contributed by atoms with van der Waals surface area (Å²) < 4.78 is 5.45. The molecule has 4 nitrogen and oxygen atoms in total. The van der Waals surface area contributed by atoms with Gasteiger partial charge >= 0.3 is 5.97 Å². The minimum absolute atomic E-state index is 0.290. The molecule has 0 saturated heterocycles. The lowest BCUT2D eigenvalue weighted by molar-refractivity contribution is -0.140. The molecule has 1 aliphatic rings. The molecule has 1 aliphatic heterocycles. The van der Waals surface area contributed by atoms with Crippen LogP contribution in [-0.4, -0.2) is 17.6 Å². The van der Waals surface area contributed by atoms with Crippen LogP contribution in [0.5, 0.6) is 0 Å². The molecule has 0 aromatic heterocycles. The summed E-state index contributed by atoms with van der Waals surface area (Å²) >= 11 is 5.00. The second-order valence-electron chi connectivity index (χ2n) is 5.36. The van der Waals surface area contributed by atoms with Gasteiger partial charge in [0.15, 0.2) is 5.11 Å². The maximum atomic E-state index is 12.2. The number of aryl methyl sites for hydroxylation is 3. The Morgan fingerprint density at radius 3 is 2.43 bits per heavy atom. The summed E-state index contributed by atoms with van der Waals surface area (Å²) in [4.78, 5) is 12.2. The number of hydrogen-bond acceptors (Lipinski definition) is 3. The van der Waals surface area contributed by atoms with Crippen molar-refractivity contribution in [3.05, 3.63) is 45.7 Å². The Balaban J connectivity index is 2.09. The lowest BCUT2D eigenvalue weighted by Crippen LogP contribution is -2.42. The number of carbonyl (C=O) groups excluding carboxylic acids is 1. The van der Waals surface area contributed by atoms with Gasteiger partial charge in [-0.15, -0.1) is 0 Å². The number of rotatable bonds is 3. The molecule has 0 spiro atoms. The summed E-state index contributed by atoms with van der Waals surface area (Å²) in [5.41, 5.74) is 5.92. The molecule has 5 heteroatoms. The van der Waals surface area contributed by atoms with Crippen molar-refractivity contribution >= 4 is 23.3 Å². The van der Waals surface area contributed by atoms with E-state index in [4.69, 9.17) is 17.0 Å². The molecule has 1 aromatic rings. The summed E-state index contributed by atoms with van der Waals surface area (Å²) in [6.07, 6.45) is 0. The zero-order valence-electron chi connectivity index (χ0n) is 12.8. The number of hydrogen-bond donors (Lipinski definition) is 2. The van der Waals surface area contributed by atoms with E-state index in [0.717, 1.165) is 22.4 Å². The molecule has 2 rings (SSSR count). The van der Waals surface area contributed by atoms with E-state index in [0.29, 0.717) is 17.2 Å². The van der Waals surface area contributed by atoms with Gasteiger partial charge in [0.1, 0.15) is 6.61 Å². The Hall–Kier alpha value is -1.88. The van der Waals surface area contributed by atoms with Crippen molar-refractivity contribution < 1.29 is 9.53 Å². The number of thiocarbonyl (C=S) groups is 1. The van der Waals surface area contributed by atoms with Crippen LogP contribution in [0.1, 0.15) is 29.2 Å². The van der Waals surface area contributed by atoms with Crippen molar-refractivity contribution in [3.63, 3.8) is 0 Å². The van der Waals surface area contributed by atoms with Gasteiger partial charge in [-0.25, -0.2) is 4.79 Å². The van der Waals surface area contributed by atoms with Crippen LogP contribution in [-0.2, 0) is 16.1 Å². The van der Waals surface area contributed by atoms with Gasteiger partial charge in [0.2, 0.25) is 0 Å². The van der Waals surface area contributed by atoms with Gasteiger partial charge in [-0.1, -0.05) is 17.7 Å². The number of carbonyl (C=O) groups is 1. The summed E-state index contributed by atoms with van der Waals surface area (Å²) in [7, 11) is 0. The van der Waals surface area contributed by atoms with Crippen LogP contribution in [0, 0.1) is 20.8 Å². The number of nitrogens with one attached hydrogen (secondary N) is 2. The average molecular weight is 304 g/mol. The Bertz CT molecular complexity index is 612. The average Bonchev–Trinajstić information content (AvgIpc) is 2.36. The van der Waals surface area contributed by atoms with Gasteiger partial charge in [-0.05, 0) is 56.6 Å². The molecule has 1 heterocycles. The fourth-order valence-corrected chi connectivity index (χ4v) is 2.70. The highest BCUT2D eigenvalue weighted by Crippen LogP contribution is 2.18. The highest BCUT2D eigenvalue weighted by atomic mass is 32.1. The van der Waals surface area contributed by atoms with Crippen LogP contribution in [0.2, 0.25) is 0 Å². The second-order valence-corrected chi connectivity index (χ2v) is 5.77. The molecule has 0 amide bonds. The van der Waals surface area contributed by atoms with E-state index in [2.05, 4.69) is 29.7 Å². The molecule has 21 heavy (non-hydrogen) atoms. The Morgan fingerprint density at radius 2 is 1.86 bits per heavy atom. The predicted octanol–water partition coefficient (Wildman–Crippen LogP) is 2.41. The van der Waals surface area contributed by atoms with Crippen LogP contribution in [0.3, 0.4) is 0 Å². The quantitative estimate of drug-likeness (QED) is 0.663. The van der Waals surface area contributed by atoms with E-state index < -0.39 is 0 Å². The Morgan fingerprint density at radius 1 is 1.24 bits per heavy atom. The van der Waals surface area contributed by atoms with Crippen molar-refractivity contribution in [2.75, 3.05) is 6.54 Å². The third kappa shape index (κ3) is 3.61. The zero-order chi connectivity index (χ0) is 15.6. The third-order valence-corrected chi connectivity index (χ3v) is 3.86. The normalized spacial score (nSPS) is 14.6. The molecular formula is C16H20N2O2S. The molecule has 0 radical (unpaired) electrons. The highest BCUT2D eigenvalue weighted by Gasteiger charge is 2.20. The SMILES string of the molecule is CC1=C(C(=O)OCc2c(C)cc(C)cc2C)CNC(=S)N1. The van der Waals surface area contributed by atoms with Crippen molar-refractivity contribution in [2.45, 2.75) is 34.3 Å². The van der Waals surface area contributed by atoms with Crippen molar-refractivity contribution in [3.8, 4) is 0 Å². The molecule has 0 unspecified atom stereocenters. The van der Waals surface area contributed by atoms with E-state index in [1.807, 2.05) is 20.8 Å². The molecule has 0 atom stereocenters. The maximum absolute atomic E-state index is 12.2. The van der Waals surface area contributed by atoms with Gasteiger partial charge in [-0.2, -0.15) is 0 Å². The van der Waals surface area contributed by atoms with E-state index in [1.165, 1.54) is 5.56 Å².